The van der Waals surface area contributed by atoms with E-state index >= 15 is 0 Å². The summed E-state index contributed by atoms with van der Waals surface area (Å²) >= 11 is 0. The van der Waals surface area contributed by atoms with Gasteiger partial charge in [0.1, 0.15) is 5.54 Å². The van der Waals surface area contributed by atoms with Gasteiger partial charge in [-0.2, -0.15) is 0 Å². The number of carboxylic acids is 1. The number of nitrogens with one attached hydrogen (secondary N) is 1. The largest absolute Gasteiger partial charge is 0.487 e. The monoisotopic (exact) mass is 296 g/mol. The highest BCUT2D eigenvalue weighted by Crippen LogP contribution is 2.28. The molecule has 116 valence electrons. The topological polar surface area (TPSA) is 102 Å². The number of aliphatic carboxylic acids is 1. The smallest absolute Gasteiger partial charge is 0.323 e. The van der Waals surface area contributed by atoms with E-state index in [2.05, 4.69) is 5.32 Å². The Balaban J connectivity index is 2.80. The number of aryl methyl sites for hydroxylation is 1. The van der Waals surface area contributed by atoms with Crippen LogP contribution >= 0.6 is 0 Å². The van der Waals surface area contributed by atoms with Gasteiger partial charge in [-0.05, 0) is 32.0 Å². The summed E-state index contributed by atoms with van der Waals surface area (Å²) in [4.78, 5) is 21.7. The standard InChI is InChI=1S/C14H20N2O5/c1-4-10-5-6-12(11(9-10)16(19)20)21-8-7-14(2,15-3)13(17)18/h5-6,9,15H,4,7-8H2,1-3H3,(H,17,18). The molecular formula is C14H20N2O5. The molecule has 0 aliphatic heterocycles. The zero-order chi connectivity index (χ0) is 16.0. The number of carboxylic acid groups (broad SMARTS) is 1. The Hall–Kier alpha value is -2.15. The van der Waals surface area contributed by atoms with Crippen molar-refractivity contribution >= 4 is 11.7 Å². The third-order valence-corrected chi connectivity index (χ3v) is 3.51. The van der Waals surface area contributed by atoms with Crippen molar-refractivity contribution in [3.63, 3.8) is 0 Å². The Morgan fingerprint density at radius 1 is 1.52 bits per heavy atom. The lowest BCUT2D eigenvalue weighted by atomic mass is 9.99. The average molecular weight is 296 g/mol. The summed E-state index contributed by atoms with van der Waals surface area (Å²) in [5.41, 5.74) is -0.381. The quantitative estimate of drug-likeness (QED) is 0.562. The van der Waals surface area contributed by atoms with Crippen LogP contribution in [0.4, 0.5) is 5.69 Å². The fraction of sp³-hybridized carbons (Fsp3) is 0.500. The van der Waals surface area contributed by atoms with Crippen LogP contribution in [0.15, 0.2) is 18.2 Å². The van der Waals surface area contributed by atoms with Gasteiger partial charge in [0.05, 0.1) is 11.5 Å². The van der Waals surface area contributed by atoms with Crippen molar-refractivity contribution in [1.82, 2.24) is 5.32 Å². The number of hydrogen-bond donors (Lipinski definition) is 2. The molecule has 0 aliphatic rings. The van der Waals surface area contributed by atoms with Crippen molar-refractivity contribution in [1.29, 1.82) is 0 Å². The Kier molecular flexibility index (Phi) is 5.66. The fourth-order valence-electron chi connectivity index (χ4n) is 1.75. The molecule has 0 heterocycles. The van der Waals surface area contributed by atoms with Crippen LogP contribution in [0, 0.1) is 10.1 Å². The zero-order valence-electron chi connectivity index (χ0n) is 12.4. The van der Waals surface area contributed by atoms with Crippen molar-refractivity contribution in [2.24, 2.45) is 0 Å². The van der Waals surface area contributed by atoms with Crippen molar-refractivity contribution in [3.05, 3.63) is 33.9 Å². The molecule has 0 saturated heterocycles. The maximum Gasteiger partial charge on any atom is 0.323 e. The van der Waals surface area contributed by atoms with Crippen LogP contribution in [0.3, 0.4) is 0 Å². The highest BCUT2D eigenvalue weighted by molar-refractivity contribution is 5.78. The molecule has 0 amide bonds. The van der Waals surface area contributed by atoms with E-state index in [1.807, 2.05) is 6.92 Å². The summed E-state index contributed by atoms with van der Waals surface area (Å²) in [6.07, 6.45) is 0.878. The Morgan fingerprint density at radius 2 is 2.19 bits per heavy atom. The van der Waals surface area contributed by atoms with E-state index in [-0.39, 0.29) is 24.5 Å². The van der Waals surface area contributed by atoms with Crippen LogP contribution in [0.1, 0.15) is 25.8 Å². The van der Waals surface area contributed by atoms with E-state index < -0.39 is 16.4 Å². The fourth-order valence-corrected chi connectivity index (χ4v) is 1.75. The zero-order valence-corrected chi connectivity index (χ0v) is 12.4. The van der Waals surface area contributed by atoms with Gasteiger partial charge in [-0.3, -0.25) is 14.9 Å². The molecule has 0 radical (unpaired) electrons. The number of ether oxygens (including phenoxy) is 1. The van der Waals surface area contributed by atoms with E-state index in [0.717, 1.165) is 5.56 Å². The minimum atomic E-state index is -1.13. The molecule has 0 aliphatic carbocycles. The van der Waals surface area contributed by atoms with Gasteiger partial charge in [0.2, 0.25) is 0 Å². The number of nitro groups is 1. The maximum atomic E-state index is 11.1. The minimum Gasteiger partial charge on any atom is -0.487 e. The van der Waals surface area contributed by atoms with E-state index in [4.69, 9.17) is 9.84 Å². The Morgan fingerprint density at radius 3 is 2.67 bits per heavy atom. The number of carbonyl (C=O) groups is 1. The molecule has 1 atom stereocenters. The van der Waals surface area contributed by atoms with E-state index in [1.165, 1.54) is 13.0 Å². The number of likely N-dealkylation sites (N-methyl/N-ethyl adjacent to an activating group) is 1. The first-order valence-corrected chi connectivity index (χ1v) is 6.66. The number of nitro benzene ring substituents is 1. The molecule has 7 heteroatoms. The highest BCUT2D eigenvalue weighted by Gasteiger charge is 2.31. The third kappa shape index (κ3) is 4.16. The first kappa shape index (κ1) is 16.9. The molecular weight excluding hydrogens is 276 g/mol. The minimum absolute atomic E-state index is 0.0654. The number of rotatable bonds is 8. The third-order valence-electron chi connectivity index (χ3n) is 3.51. The van der Waals surface area contributed by atoms with Crippen LogP contribution in [0.2, 0.25) is 0 Å². The van der Waals surface area contributed by atoms with E-state index in [0.29, 0.717) is 6.42 Å². The summed E-state index contributed by atoms with van der Waals surface area (Å²) in [5.74, 6) is -0.842. The van der Waals surface area contributed by atoms with Crippen LogP contribution in [-0.2, 0) is 11.2 Å². The van der Waals surface area contributed by atoms with Crippen molar-refractivity contribution in [3.8, 4) is 5.75 Å². The number of hydrogen-bond acceptors (Lipinski definition) is 5. The predicted octanol–water partition coefficient (Wildman–Crippen LogP) is 1.99. The van der Waals surface area contributed by atoms with Crippen LogP contribution in [0.25, 0.3) is 0 Å². The maximum absolute atomic E-state index is 11.1. The molecule has 1 aromatic rings. The average Bonchev–Trinajstić information content (AvgIpc) is 2.46. The van der Waals surface area contributed by atoms with Crippen LogP contribution in [0.5, 0.6) is 5.75 Å². The lowest BCUT2D eigenvalue weighted by Gasteiger charge is -2.23. The van der Waals surface area contributed by atoms with Gasteiger partial charge in [0.25, 0.3) is 0 Å². The molecule has 1 aromatic carbocycles. The number of nitrogens with zero attached hydrogens (tertiary/aromatic N) is 1. The van der Waals surface area contributed by atoms with E-state index in [9.17, 15) is 14.9 Å². The van der Waals surface area contributed by atoms with Gasteiger partial charge in [-0.1, -0.05) is 13.0 Å². The van der Waals surface area contributed by atoms with Gasteiger partial charge >= 0.3 is 11.7 Å². The van der Waals surface area contributed by atoms with Gasteiger partial charge in [-0.25, -0.2) is 0 Å². The second kappa shape index (κ2) is 7.03. The summed E-state index contributed by atoms with van der Waals surface area (Å²) in [6.45, 7) is 3.51. The molecule has 21 heavy (non-hydrogen) atoms. The summed E-state index contributed by atoms with van der Waals surface area (Å²) in [6, 6.07) is 4.79. The highest BCUT2D eigenvalue weighted by atomic mass is 16.6. The van der Waals surface area contributed by atoms with Gasteiger partial charge < -0.3 is 15.2 Å². The Bertz CT molecular complexity index is 532. The molecule has 0 aromatic heterocycles. The normalized spacial score (nSPS) is 13.5. The first-order chi connectivity index (χ1) is 9.84. The Labute approximate surface area is 123 Å². The van der Waals surface area contributed by atoms with Crippen LogP contribution in [-0.4, -0.2) is 35.2 Å². The van der Waals surface area contributed by atoms with Gasteiger partial charge in [-0.15, -0.1) is 0 Å². The summed E-state index contributed by atoms with van der Waals surface area (Å²) in [7, 11) is 1.55. The van der Waals surface area contributed by atoms with E-state index in [1.54, 1.807) is 19.2 Å². The molecule has 0 spiro atoms. The van der Waals surface area contributed by atoms with Crippen LogP contribution < -0.4 is 10.1 Å². The molecule has 0 saturated carbocycles. The molecule has 0 bridgehead atoms. The lowest BCUT2D eigenvalue weighted by Crippen LogP contribution is -2.48. The second-order valence-corrected chi connectivity index (χ2v) is 4.90. The molecule has 7 nitrogen and oxygen atoms in total. The van der Waals surface area contributed by atoms with Crippen molar-refractivity contribution in [2.75, 3.05) is 13.7 Å². The molecule has 2 N–H and O–H groups in total. The summed E-state index contributed by atoms with van der Waals surface area (Å²) < 4.78 is 5.40. The molecule has 1 unspecified atom stereocenters. The van der Waals surface area contributed by atoms with Gasteiger partial charge in [0, 0.05) is 12.5 Å². The summed E-state index contributed by atoms with van der Waals surface area (Å²) in [5, 5.41) is 22.9. The number of benzene rings is 1. The molecule has 1 rings (SSSR count). The second-order valence-electron chi connectivity index (χ2n) is 4.90. The first-order valence-electron chi connectivity index (χ1n) is 6.66. The van der Waals surface area contributed by atoms with Crippen molar-refractivity contribution in [2.45, 2.75) is 32.2 Å². The molecule has 0 fully saturated rings. The van der Waals surface area contributed by atoms with Crippen molar-refractivity contribution < 1.29 is 19.6 Å². The SMILES string of the molecule is CCc1ccc(OCCC(C)(NC)C(=O)O)c([N+](=O)[O-])c1. The predicted molar refractivity (Wildman–Crippen MR) is 77.7 cm³/mol. The van der Waals surface area contributed by atoms with Gasteiger partial charge in [0.15, 0.2) is 5.75 Å². The lowest BCUT2D eigenvalue weighted by molar-refractivity contribution is -0.385.